The molecule has 0 aromatic carbocycles. The maximum Gasteiger partial charge on any atom is 0.103 e. The van der Waals surface area contributed by atoms with E-state index in [1.54, 1.807) is 0 Å². The first-order valence-electron chi connectivity index (χ1n) is 4.38. The monoisotopic (exact) mass is 158 g/mol. The van der Waals surface area contributed by atoms with Crippen LogP contribution in [0.5, 0.6) is 0 Å². The van der Waals surface area contributed by atoms with Gasteiger partial charge in [-0.05, 0) is 20.8 Å². The molecule has 1 rings (SSSR count). The summed E-state index contributed by atoms with van der Waals surface area (Å²) in [5.74, 6) is 0. The van der Waals surface area contributed by atoms with E-state index in [-0.39, 0.29) is 0 Å². The Labute approximate surface area is 69.7 Å². The second-order valence-corrected chi connectivity index (χ2v) is 4.63. The van der Waals surface area contributed by atoms with E-state index in [4.69, 9.17) is 4.74 Å². The number of rotatable bonds is 0. The second kappa shape index (κ2) is 2.76. The average molecular weight is 158 g/mol. The van der Waals surface area contributed by atoms with Gasteiger partial charge in [-0.3, -0.25) is 0 Å². The summed E-state index contributed by atoms with van der Waals surface area (Å²) in [7, 11) is 2.32. The van der Waals surface area contributed by atoms with Gasteiger partial charge in [-0.1, -0.05) is 0 Å². The highest BCUT2D eigenvalue weighted by Crippen LogP contribution is 2.23. The van der Waals surface area contributed by atoms with Gasteiger partial charge >= 0.3 is 0 Å². The molecular formula is C9H20NO+. The lowest BCUT2D eigenvalue weighted by atomic mass is 10.0. The summed E-state index contributed by atoms with van der Waals surface area (Å²) >= 11 is 0. The van der Waals surface area contributed by atoms with E-state index in [1.165, 1.54) is 0 Å². The number of hydrogen-bond acceptors (Lipinski definition) is 1. The van der Waals surface area contributed by atoms with Crippen molar-refractivity contribution in [2.75, 3.05) is 33.4 Å². The van der Waals surface area contributed by atoms with Gasteiger partial charge in [0.1, 0.15) is 13.1 Å². The molecule has 1 heterocycles. The number of quaternary nitrogens is 1. The minimum atomic E-state index is 0.365. The molecule has 1 aliphatic rings. The summed E-state index contributed by atoms with van der Waals surface area (Å²) in [6.07, 6.45) is 0. The highest BCUT2D eigenvalue weighted by atomic mass is 16.5. The van der Waals surface area contributed by atoms with Crippen molar-refractivity contribution in [2.45, 2.75) is 26.3 Å². The van der Waals surface area contributed by atoms with Crippen molar-refractivity contribution in [1.82, 2.24) is 0 Å². The van der Waals surface area contributed by atoms with Crippen molar-refractivity contribution in [3.05, 3.63) is 0 Å². The third kappa shape index (κ3) is 1.74. The minimum absolute atomic E-state index is 0.365. The van der Waals surface area contributed by atoms with Gasteiger partial charge in [-0.2, -0.15) is 0 Å². The summed E-state index contributed by atoms with van der Waals surface area (Å²) < 4.78 is 6.49. The first-order valence-corrected chi connectivity index (χ1v) is 4.38. The quantitative estimate of drug-likeness (QED) is 0.482. The fourth-order valence-electron chi connectivity index (χ4n) is 1.42. The Hall–Kier alpha value is -0.0800. The molecule has 2 nitrogen and oxygen atoms in total. The zero-order valence-corrected chi connectivity index (χ0v) is 8.18. The van der Waals surface area contributed by atoms with Crippen molar-refractivity contribution in [3.8, 4) is 0 Å². The lowest BCUT2D eigenvalue weighted by Crippen LogP contribution is -2.62. The maximum absolute atomic E-state index is 5.34. The largest absolute Gasteiger partial charge is 0.370 e. The Morgan fingerprint density at radius 3 is 1.82 bits per heavy atom. The number of morpholine rings is 1. The third-order valence-electron chi connectivity index (χ3n) is 3.08. The van der Waals surface area contributed by atoms with Gasteiger partial charge in [-0.25, -0.2) is 0 Å². The Morgan fingerprint density at radius 2 is 1.55 bits per heavy atom. The third-order valence-corrected chi connectivity index (χ3v) is 3.08. The number of ether oxygens (including phenoxy) is 1. The normalized spacial score (nSPS) is 25.1. The predicted octanol–water partition coefficient (Wildman–Crippen LogP) is 1.26. The van der Waals surface area contributed by atoms with Gasteiger partial charge < -0.3 is 9.22 Å². The summed E-state index contributed by atoms with van der Waals surface area (Å²) in [4.78, 5) is 0. The molecule has 0 amide bonds. The molecule has 66 valence electrons. The fourth-order valence-corrected chi connectivity index (χ4v) is 1.42. The molecule has 1 saturated heterocycles. The molecule has 11 heavy (non-hydrogen) atoms. The molecule has 0 aromatic rings. The molecule has 0 radical (unpaired) electrons. The molecule has 1 aliphatic heterocycles. The van der Waals surface area contributed by atoms with Crippen LogP contribution in [0.3, 0.4) is 0 Å². The first kappa shape index (κ1) is 9.01. The number of nitrogens with zero attached hydrogens (tertiary/aromatic N) is 1. The van der Waals surface area contributed by atoms with Crippen LogP contribution in [0.15, 0.2) is 0 Å². The fraction of sp³-hybridized carbons (Fsp3) is 1.00. The number of hydrogen-bond donors (Lipinski definition) is 0. The van der Waals surface area contributed by atoms with Crippen LogP contribution in [0.25, 0.3) is 0 Å². The molecular weight excluding hydrogens is 138 g/mol. The van der Waals surface area contributed by atoms with Crippen LogP contribution in [0.2, 0.25) is 0 Å². The minimum Gasteiger partial charge on any atom is -0.370 e. The number of likely N-dealkylation sites (N-methyl/N-ethyl adjacent to an activating group) is 1. The van der Waals surface area contributed by atoms with E-state index in [9.17, 15) is 0 Å². The van der Waals surface area contributed by atoms with Crippen LogP contribution in [-0.4, -0.2) is 43.4 Å². The Bertz CT molecular complexity index is 131. The summed E-state index contributed by atoms with van der Waals surface area (Å²) in [6.45, 7) is 11.1. The van der Waals surface area contributed by atoms with Crippen LogP contribution >= 0.6 is 0 Å². The van der Waals surface area contributed by atoms with Gasteiger partial charge in [0.2, 0.25) is 0 Å². The van der Waals surface area contributed by atoms with Gasteiger partial charge in [-0.15, -0.1) is 0 Å². The van der Waals surface area contributed by atoms with Crippen LogP contribution in [0, 0.1) is 0 Å². The summed E-state index contributed by atoms with van der Waals surface area (Å²) in [6, 6.07) is 0. The Kier molecular flexibility index (Phi) is 2.26. The summed E-state index contributed by atoms with van der Waals surface area (Å²) in [5.41, 5.74) is 0.365. The van der Waals surface area contributed by atoms with E-state index in [0.29, 0.717) is 5.54 Å². The molecule has 0 N–H and O–H groups in total. The van der Waals surface area contributed by atoms with Crippen LogP contribution in [0.4, 0.5) is 0 Å². The van der Waals surface area contributed by atoms with Crippen LogP contribution in [-0.2, 0) is 4.74 Å². The average Bonchev–Trinajstić information content (AvgIpc) is 1.87. The SMILES string of the molecule is CC(C)(C)[N+]1(C)CCOCC1. The standard InChI is InChI=1S/C9H20NO/c1-9(2,3)10(4)5-7-11-8-6-10/h5-8H2,1-4H3/q+1. The highest BCUT2D eigenvalue weighted by Gasteiger charge is 2.37. The second-order valence-electron chi connectivity index (χ2n) is 4.63. The molecule has 0 aromatic heterocycles. The van der Waals surface area contributed by atoms with Crippen molar-refractivity contribution >= 4 is 0 Å². The van der Waals surface area contributed by atoms with E-state index in [1.807, 2.05) is 0 Å². The topological polar surface area (TPSA) is 9.23 Å². The first-order chi connectivity index (χ1) is 4.96. The van der Waals surface area contributed by atoms with Gasteiger partial charge in [0.15, 0.2) is 0 Å². The van der Waals surface area contributed by atoms with Crippen molar-refractivity contribution < 1.29 is 9.22 Å². The van der Waals surface area contributed by atoms with Crippen LogP contribution in [0.1, 0.15) is 20.8 Å². The molecule has 0 unspecified atom stereocenters. The summed E-state index contributed by atoms with van der Waals surface area (Å²) in [5, 5.41) is 0. The van der Waals surface area contributed by atoms with E-state index in [2.05, 4.69) is 27.8 Å². The molecule has 0 bridgehead atoms. The van der Waals surface area contributed by atoms with Crippen LogP contribution < -0.4 is 0 Å². The Balaban J connectivity index is 2.64. The molecule has 2 heteroatoms. The van der Waals surface area contributed by atoms with E-state index >= 15 is 0 Å². The van der Waals surface area contributed by atoms with E-state index in [0.717, 1.165) is 30.8 Å². The predicted molar refractivity (Wildman–Crippen MR) is 46.5 cm³/mol. The molecule has 0 spiro atoms. The Morgan fingerprint density at radius 1 is 1.09 bits per heavy atom. The van der Waals surface area contributed by atoms with Gasteiger partial charge in [0.05, 0.1) is 25.8 Å². The zero-order chi connectivity index (χ0) is 8.54. The lowest BCUT2D eigenvalue weighted by molar-refractivity contribution is -0.959. The highest BCUT2D eigenvalue weighted by molar-refractivity contribution is 4.64. The van der Waals surface area contributed by atoms with Crippen molar-refractivity contribution in [2.24, 2.45) is 0 Å². The van der Waals surface area contributed by atoms with Gasteiger partial charge in [0, 0.05) is 0 Å². The molecule has 0 atom stereocenters. The van der Waals surface area contributed by atoms with Crippen molar-refractivity contribution in [1.29, 1.82) is 0 Å². The van der Waals surface area contributed by atoms with E-state index < -0.39 is 0 Å². The van der Waals surface area contributed by atoms with Crippen molar-refractivity contribution in [3.63, 3.8) is 0 Å². The lowest BCUT2D eigenvalue weighted by Gasteiger charge is -2.47. The molecule has 0 saturated carbocycles. The molecule has 0 aliphatic carbocycles. The maximum atomic E-state index is 5.34. The smallest absolute Gasteiger partial charge is 0.103 e. The zero-order valence-electron chi connectivity index (χ0n) is 8.18. The van der Waals surface area contributed by atoms with Gasteiger partial charge in [0.25, 0.3) is 0 Å². The molecule has 1 fully saturated rings.